The van der Waals surface area contributed by atoms with Gasteiger partial charge in [0.2, 0.25) is 0 Å². The molecule has 0 aliphatic carbocycles. The lowest BCUT2D eigenvalue weighted by molar-refractivity contribution is -0.191. The molecular weight excluding hydrogens is 266 g/mol. The van der Waals surface area contributed by atoms with Crippen LogP contribution in [0.1, 0.15) is 52.9 Å². The topological polar surface area (TPSA) is 104 Å². The normalized spacial score (nSPS) is 13.9. The molecule has 0 spiro atoms. The predicted octanol–water partition coefficient (Wildman–Crippen LogP) is 1.91. The van der Waals surface area contributed by atoms with Crippen LogP contribution < -0.4 is 0 Å². The summed E-state index contributed by atoms with van der Waals surface area (Å²) in [6.07, 6.45) is 4.00. The van der Waals surface area contributed by atoms with Gasteiger partial charge < -0.3 is 15.1 Å². The summed E-state index contributed by atoms with van der Waals surface area (Å²) in [4.78, 5) is 34.1. The number of piperidine rings is 1. The SMILES string of the molecule is CC(=O)ON1CCCCC1.CCC(=O)O.CCC(=O)O. The lowest BCUT2D eigenvalue weighted by atomic mass is 10.2. The van der Waals surface area contributed by atoms with E-state index in [-0.39, 0.29) is 18.8 Å². The standard InChI is InChI=1S/C7H13NO2.2C3H6O2/c1-7(9)10-8-5-3-2-4-6-8;2*1-2-3(4)5/h2-6H2,1H3;2*2H2,1H3,(H,4,5). The van der Waals surface area contributed by atoms with Crippen LogP contribution in [0, 0.1) is 0 Å². The lowest BCUT2D eigenvalue weighted by Crippen LogP contribution is -2.31. The van der Waals surface area contributed by atoms with E-state index < -0.39 is 11.9 Å². The van der Waals surface area contributed by atoms with E-state index in [1.807, 2.05) is 0 Å². The summed E-state index contributed by atoms with van der Waals surface area (Å²) in [5.41, 5.74) is 0. The zero-order chi connectivity index (χ0) is 16.0. The van der Waals surface area contributed by atoms with Gasteiger partial charge in [-0.05, 0) is 12.8 Å². The molecule has 1 aliphatic rings. The van der Waals surface area contributed by atoms with E-state index in [2.05, 4.69) is 0 Å². The predicted molar refractivity (Wildman–Crippen MR) is 73.0 cm³/mol. The molecule has 0 saturated carbocycles. The van der Waals surface area contributed by atoms with E-state index >= 15 is 0 Å². The summed E-state index contributed by atoms with van der Waals surface area (Å²) in [6, 6.07) is 0. The summed E-state index contributed by atoms with van der Waals surface area (Å²) in [7, 11) is 0. The fraction of sp³-hybridized carbons (Fsp3) is 0.769. The van der Waals surface area contributed by atoms with E-state index in [9.17, 15) is 14.4 Å². The molecule has 7 nitrogen and oxygen atoms in total. The van der Waals surface area contributed by atoms with Gasteiger partial charge in [-0.25, -0.2) is 0 Å². The molecule has 2 N–H and O–H groups in total. The van der Waals surface area contributed by atoms with Gasteiger partial charge in [0.1, 0.15) is 0 Å². The van der Waals surface area contributed by atoms with Crippen LogP contribution in [0.3, 0.4) is 0 Å². The average Bonchev–Trinajstić information content (AvgIpc) is 2.40. The van der Waals surface area contributed by atoms with Crippen LogP contribution in [0.4, 0.5) is 0 Å². The van der Waals surface area contributed by atoms with E-state index in [1.54, 1.807) is 18.9 Å². The van der Waals surface area contributed by atoms with Gasteiger partial charge in [0.15, 0.2) is 0 Å². The molecule has 0 bridgehead atoms. The van der Waals surface area contributed by atoms with Crippen molar-refractivity contribution < 1.29 is 29.4 Å². The van der Waals surface area contributed by atoms with Crippen LogP contribution in [-0.4, -0.2) is 46.3 Å². The first kappa shape index (κ1) is 20.7. The molecule has 0 radical (unpaired) electrons. The van der Waals surface area contributed by atoms with Crippen molar-refractivity contribution in [2.45, 2.75) is 52.9 Å². The van der Waals surface area contributed by atoms with Crippen LogP contribution >= 0.6 is 0 Å². The minimum atomic E-state index is -0.745. The average molecular weight is 291 g/mol. The van der Waals surface area contributed by atoms with Gasteiger partial charge in [-0.1, -0.05) is 20.3 Å². The molecular formula is C13H25NO6. The number of hydrogen-bond acceptors (Lipinski definition) is 5. The number of carbonyl (C=O) groups is 3. The van der Waals surface area contributed by atoms with Crippen LogP contribution in [0.5, 0.6) is 0 Å². The van der Waals surface area contributed by atoms with Gasteiger partial charge in [0.05, 0.1) is 0 Å². The van der Waals surface area contributed by atoms with Crippen molar-refractivity contribution in [2.75, 3.05) is 13.1 Å². The number of carboxylic acid groups (broad SMARTS) is 2. The number of hydrogen-bond donors (Lipinski definition) is 2. The molecule has 0 amide bonds. The Morgan fingerprint density at radius 2 is 1.30 bits per heavy atom. The second-order valence-corrected chi connectivity index (χ2v) is 4.07. The maximum Gasteiger partial charge on any atom is 0.322 e. The first-order valence-electron chi connectivity index (χ1n) is 6.70. The quantitative estimate of drug-likeness (QED) is 0.818. The highest BCUT2D eigenvalue weighted by molar-refractivity contribution is 5.66. The van der Waals surface area contributed by atoms with Gasteiger partial charge in [0, 0.05) is 32.9 Å². The second-order valence-electron chi connectivity index (χ2n) is 4.07. The third-order valence-corrected chi connectivity index (χ3v) is 2.18. The maximum absolute atomic E-state index is 10.4. The van der Waals surface area contributed by atoms with Crippen LogP contribution in [0.15, 0.2) is 0 Å². The molecule has 1 saturated heterocycles. The number of rotatable bonds is 3. The zero-order valence-electron chi connectivity index (χ0n) is 12.4. The molecule has 1 rings (SSSR count). The van der Waals surface area contributed by atoms with Crippen molar-refractivity contribution in [3.8, 4) is 0 Å². The van der Waals surface area contributed by atoms with E-state index in [0.29, 0.717) is 0 Å². The molecule has 0 aromatic heterocycles. The van der Waals surface area contributed by atoms with Crippen molar-refractivity contribution >= 4 is 17.9 Å². The Hall–Kier alpha value is -1.63. The molecule has 0 atom stereocenters. The fourth-order valence-electron chi connectivity index (χ4n) is 1.14. The van der Waals surface area contributed by atoms with E-state index in [0.717, 1.165) is 25.9 Å². The first-order chi connectivity index (χ1) is 9.33. The smallest absolute Gasteiger partial charge is 0.322 e. The monoisotopic (exact) mass is 291 g/mol. The second kappa shape index (κ2) is 13.8. The maximum atomic E-state index is 10.4. The Bertz CT molecular complexity index is 273. The molecule has 7 heteroatoms. The van der Waals surface area contributed by atoms with E-state index in [1.165, 1.54) is 13.3 Å². The third-order valence-electron chi connectivity index (χ3n) is 2.18. The number of hydroxylamine groups is 2. The largest absolute Gasteiger partial charge is 0.481 e. The van der Waals surface area contributed by atoms with Crippen molar-refractivity contribution in [3.63, 3.8) is 0 Å². The van der Waals surface area contributed by atoms with Gasteiger partial charge in [-0.15, -0.1) is 5.06 Å². The summed E-state index contributed by atoms with van der Waals surface area (Å²) in [5, 5.41) is 17.2. The molecule has 1 aliphatic heterocycles. The Labute approximate surface area is 119 Å². The van der Waals surface area contributed by atoms with Crippen LogP contribution in [0.25, 0.3) is 0 Å². The minimum Gasteiger partial charge on any atom is -0.481 e. The highest BCUT2D eigenvalue weighted by Gasteiger charge is 2.11. The fourth-order valence-corrected chi connectivity index (χ4v) is 1.14. The van der Waals surface area contributed by atoms with Crippen molar-refractivity contribution in [2.24, 2.45) is 0 Å². The Morgan fingerprint density at radius 3 is 1.55 bits per heavy atom. The minimum absolute atomic E-state index is 0.207. The van der Waals surface area contributed by atoms with Crippen LogP contribution in [0.2, 0.25) is 0 Å². The van der Waals surface area contributed by atoms with Crippen molar-refractivity contribution in [1.82, 2.24) is 5.06 Å². The van der Waals surface area contributed by atoms with Crippen molar-refractivity contribution in [1.29, 1.82) is 0 Å². The number of nitrogens with zero attached hydrogens (tertiary/aromatic N) is 1. The summed E-state index contributed by atoms with van der Waals surface area (Å²) in [6.45, 7) is 6.44. The van der Waals surface area contributed by atoms with Gasteiger partial charge >= 0.3 is 17.9 Å². The highest BCUT2D eigenvalue weighted by atomic mass is 16.7. The molecule has 0 unspecified atom stereocenters. The molecule has 1 fully saturated rings. The zero-order valence-corrected chi connectivity index (χ0v) is 12.4. The van der Waals surface area contributed by atoms with Crippen LogP contribution in [-0.2, 0) is 19.2 Å². The van der Waals surface area contributed by atoms with Crippen molar-refractivity contribution in [3.05, 3.63) is 0 Å². The lowest BCUT2D eigenvalue weighted by Gasteiger charge is -2.23. The Kier molecular flexibility index (Phi) is 14.3. The van der Waals surface area contributed by atoms with E-state index in [4.69, 9.17) is 15.1 Å². The first-order valence-corrected chi connectivity index (χ1v) is 6.70. The van der Waals surface area contributed by atoms with Gasteiger partial charge in [-0.2, -0.15) is 0 Å². The highest BCUT2D eigenvalue weighted by Crippen LogP contribution is 2.08. The molecule has 1 heterocycles. The summed E-state index contributed by atoms with van der Waals surface area (Å²) < 4.78 is 0. The van der Waals surface area contributed by atoms with Gasteiger partial charge in [-0.3, -0.25) is 14.4 Å². The Balaban J connectivity index is 0. The van der Waals surface area contributed by atoms with Gasteiger partial charge in [0.25, 0.3) is 0 Å². The summed E-state index contributed by atoms with van der Waals surface area (Å²) >= 11 is 0. The number of aliphatic carboxylic acids is 2. The summed E-state index contributed by atoms with van der Waals surface area (Å²) in [5.74, 6) is -1.70. The molecule has 118 valence electrons. The third kappa shape index (κ3) is 18.7. The Morgan fingerprint density at radius 1 is 0.950 bits per heavy atom. The number of carbonyl (C=O) groups excluding carboxylic acids is 1. The molecule has 20 heavy (non-hydrogen) atoms. The molecule has 0 aromatic carbocycles. The number of carboxylic acids is 2. The molecule has 0 aromatic rings.